The molecule has 0 spiro atoms. The number of aliphatic hydroxyl groups is 1. The molecule has 1 fully saturated rings. The summed E-state index contributed by atoms with van der Waals surface area (Å²) in [5.41, 5.74) is 0. The Labute approximate surface area is 98.1 Å². The summed E-state index contributed by atoms with van der Waals surface area (Å²) >= 11 is 0. The van der Waals surface area contributed by atoms with Crippen LogP contribution in [0.2, 0.25) is 0 Å². The molecule has 16 heavy (non-hydrogen) atoms. The second kappa shape index (κ2) is 5.95. The molecular weight excluding hydrogens is 228 g/mol. The summed E-state index contributed by atoms with van der Waals surface area (Å²) in [6.45, 7) is 7.08. The predicted molar refractivity (Wildman–Crippen MR) is 63.8 cm³/mol. The highest BCUT2D eigenvalue weighted by atomic mass is 32.2. The van der Waals surface area contributed by atoms with Gasteiger partial charge in [-0.2, -0.15) is 4.31 Å². The summed E-state index contributed by atoms with van der Waals surface area (Å²) in [6, 6.07) is 0. The smallest absolute Gasteiger partial charge is 0.219 e. The van der Waals surface area contributed by atoms with E-state index in [1.807, 2.05) is 0 Å². The van der Waals surface area contributed by atoms with E-state index in [9.17, 15) is 8.42 Å². The van der Waals surface area contributed by atoms with Crippen LogP contribution in [0.3, 0.4) is 0 Å². The maximum absolute atomic E-state index is 11.9. The van der Waals surface area contributed by atoms with Crippen molar-refractivity contribution < 1.29 is 13.5 Å². The molecule has 6 heteroatoms. The van der Waals surface area contributed by atoms with Crippen molar-refractivity contribution in [3.8, 4) is 0 Å². The van der Waals surface area contributed by atoms with Gasteiger partial charge in [-0.1, -0.05) is 6.92 Å². The first-order valence-electron chi connectivity index (χ1n) is 5.84. The van der Waals surface area contributed by atoms with Gasteiger partial charge in [0, 0.05) is 26.2 Å². The number of sulfonamides is 1. The van der Waals surface area contributed by atoms with Crippen molar-refractivity contribution in [2.45, 2.75) is 25.5 Å². The molecule has 0 radical (unpaired) electrons. The van der Waals surface area contributed by atoms with E-state index in [0.717, 1.165) is 26.1 Å². The summed E-state index contributed by atoms with van der Waals surface area (Å²) in [5, 5.41) is 8.23. The monoisotopic (exact) mass is 250 g/mol. The molecule has 1 heterocycles. The summed E-state index contributed by atoms with van der Waals surface area (Å²) in [4.78, 5) is 2.27. The lowest BCUT2D eigenvalue weighted by Crippen LogP contribution is -2.51. The Morgan fingerprint density at radius 2 is 1.81 bits per heavy atom. The highest BCUT2D eigenvalue weighted by molar-refractivity contribution is 7.89. The molecule has 1 saturated heterocycles. The lowest BCUT2D eigenvalue weighted by molar-refractivity contribution is 0.186. The van der Waals surface area contributed by atoms with Gasteiger partial charge in [-0.05, 0) is 19.9 Å². The Hall–Kier alpha value is -0.170. The average molecular weight is 250 g/mol. The fourth-order valence-electron chi connectivity index (χ4n) is 1.87. The minimum Gasteiger partial charge on any atom is -0.395 e. The van der Waals surface area contributed by atoms with Crippen molar-refractivity contribution in [3.05, 3.63) is 0 Å². The summed E-state index contributed by atoms with van der Waals surface area (Å²) in [5.74, 6) is 0. The van der Waals surface area contributed by atoms with Crippen LogP contribution in [0.15, 0.2) is 0 Å². The van der Waals surface area contributed by atoms with E-state index < -0.39 is 15.3 Å². The maximum Gasteiger partial charge on any atom is 0.219 e. The number of piperazine rings is 1. The molecule has 0 saturated carbocycles. The zero-order chi connectivity index (χ0) is 12.2. The molecule has 1 unspecified atom stereocenters. The molecule has 1 N–H and O–H groups in total. The summed E-state index contributed by atoms with van der Waals surface area (Å²) in [6.07, 6.45) is 1.10. The predicted octanol–water partition coefficient (Wildman–Crippen LogP) is -0.275. The van der Waals surface area contributed by atoms with Crippen molar-refractivity contribution >= 4 is 10.0 Å². The molecule has 0 bridgehead atoms. The van der Waals surface area contributed by atoms with E-state index >= 15 is 0 Å². The van der Waals surface area contributed by atoms with Crippen molar-refractivity contribution in [2.24, 2.45) is 0 Å². The molecule has 1 atom stereocenters. The van der Waals surface area contributed by atoms with E-state index in [0.29, 0.717) is 13.1 Å². The molecule has 1 rings (SSSR count). The summed E-state index contributed by atoms with van der Waals surface area (Å²) in [7, 11) is -3.29. The van der Waals surface area contributed by atoms with Crippen LogP contribution in [0.25, 0.3) is 0 Å². The zero-order valence-corrected chi connectivity index (χ0v) is 10.9. The highest BCUT2D eigenvalue weighted by Crippen LogP contribution is 2.12. The Bertz CT molecular complexity index is 297. The van der Waals surface area contributed by atoms with Gasteiger partial charge in [0.05, 0.1) is 11.9 Å². The number of nitrogens with zero attached hydrogens (tertiary/aromatic N) is 2. The van der Waals surface area contributed by atoms with E-state index in [1.165, 1.54) is 4.31 Å². The zero-order valence-electron chi connectivity index (χ0n) is 10.1. The fourth-order valence-corrected chi connectivity index (χ4v) is 3.24. The van der Waals surface area contributed by atoms with E-state index in [2.05, 4.69) is 11.8 Å². The van der Waals surface area contributed by atoms with Crippen molar-refractivity contribution in [1.29, 1.82) is 0 Å². The minimum atomic E-state index is -3.29. The molecule has 0 aromatic carbocycles. The van der Waals surface area contributed by atoms with Gasteiger partial charge in [0.2, 0.25) is 10.0 Å². The van der Waals surface area contributed by atoms with Crippen LogP contribution in [0.5, 0.6) is 0 Å². The average Bonchev–Trinajstić information content (AvgIpc) is 2.29. The summed E-state index contributed by atoms with van der Waals surface area (Å²) < 4.78 is 25.4. The van der Waals surface area contributed by atoms with Crippen LogP contribution in [-0.2, 0) is 10.0 Å². The molecule has 5 nitrogen and oxygen atoms in total. The quantitative estimate of drug-likeness (QED) is 0.729. The molecule has 96 valence electrons. The van der Waals surface area contributed by atoms with Crippen molar-refractivity contribution in [1.82, 2.24) is 9.21 Å². The third-order valence-electron chi connectivity index (χ3n) is 3.00. The van der Waals surface area contributed by atoms with Crippen molar-refractivity contribution in [2.75, 3.05) is 39.3 Å². The third kappa shape index (κ3) is 3.16. The van der Waals surface area contributed by atoms with Crippen LogP contribution in [0.4, 0.5) is 0 Å². The fraction of sp³-hybridized carbons (Fsp3) is 1.00. The second-order valence-corrected chi connectivity index (χ2v) is 6.63. The second-order valence-electron chi connectivity index (χ2n) is 4.28. The van der Waals surface area contributed by atoms with E-state index in [4.69, 9.17) is 5.11 Å². The first-order chi connectivity index (χ1) is 7.52. The van der Waals surface area contributed by atoms with Gasteiger partial charge in [0.25, 0.3) is 0 Å². The van der Waals surface area contributed by atoms with Gasteiger partial charge in [0.1, 0.15) is 0 Å². The Morgan fingerprint density at radius 3 is 2.25 bits per heavy atom. The maximum atomic E-state index is 11.9. The number of hydrogen-bond acceptors (Lipinski definition) is 4. The SMILES string of the molecule is CCCN1CCN(S(=O)(=O)C(C)CO)CC1. The van der Waals surface area contributed by atoms with Crippen LogP contribution in [-0.4, -0.2) is 67.3 Å². The molecule has 1 aliphatic rings. The van der Waals surface area contributed by atoms with Gasteiger partial charge in [-0.3, -0.25) is 0 Å². The lowest BCUT2D eigenvalue weighted by Gasteiger charge is -2.34. The van der Waals surface area contributed by atoms with Gasteiger partial charge in [-0.25, -0.2) is 8.42 Å². The number of rotatable bonds is 5. The highest BCUT2D eigenvalue weighted by Gasteiger charge is 2.30. The molecule has 0 aromatic rings. The number of aliphatic hydroxyl groups excluding tert-OH is 1. The van der Waals surface area contributed by atoms with Gasteiger partial charge in [0.15, 0.2) is 0 Å². The first kappa shape index (κ1) is 13.9. The minimum absolute atomic E-state index is 0.308. The normalized spacial score (nSPS) is 22.2. The Balaban J connectivity index is 2.53. The third-order valence-corrected chi connectivity index (χ3v) is 5.25. The van der Waals surface area contributed by atoms with Gasteiger partial charge >= 0.3 is 0 Å². The largest absolute Gasteiger partial charge is 0.395 e. The topological polar surface area (TPSA) is 60.9 Å². The molecule has 0 aromatic heterocycles. The molecule has 1 aliphatic heterocycles. The Morgan fingerprint density at radius 1 is 1.25 bits per heavy atom. The van der Waals surface area contributed by atoms with E-state index in [1.54, 1.807) is 6.92 Å². The molecule has 0 aliphatic carbocycles. The van der Waals surface area contributed by atoms with Crippen LogP contribution in [0, 0.1) is 0 Å². The van der Waals surface area contributed by atoms with Crippen LogP contribution >= 0.6 is 0 Å². The van der Waals surface area contributed by atoms with E-state index in [-0.39, 0.29) is 6.61 Å². The molecular formula is C10H22N2O3S. The lowest BCUT2D eigenvalue weighted by atomic mass is 10.3. The first-order valence-corrected chi connectivity index (χ1v) is 7.34. The van der Waals surface area contributed by atoms with Crippen LogP contribution < -0.4 is 0 Å². The van der Waals surface area contributed by atoms with Crippen molar-refractivity contribution in [3.63, 3.8) is 0 Å². The van der Waals surface area contributed by atoms with Gasteiger partial charge in [-0.15, -0.1) is 0 Å². The number of hydrogen-bond donors (Lipinski definition) is 1. The standard InChI is InChI=1S/C10H22N2O3S/c1-3-4-11-5-7-12(8-6-11)16(14,15)10(2)9-13/h10,13H,3-9H2,1-2H3. The van der Waals surface area contributed by atoms with Gasteiger partial charge < -0.3 is 10.0 Å². The molecule has 0 amide bonds. The van der Waals surface area contributed by atoms with Crippen LogP contribution in [0.1, 0.15) is 20.3 Å². The Kier molecular flexibility index (Phi) is 5.17.